The molecule has 2 aliphatic rings. The van der Waals surface area contributed by atoms with Gasteiger partial charge in [0.1, 0.15) is 5.84 Å². The number of amides is 1. The molecule has 4 N–H and O–H groups in total. The first-order chi connectivity index (χ1) is 13.9. The summed E-state index contributed by atoms with van der Waals surface area (Å²) in [5, 5.41) is 10.5. The van der Waals surface area contributed by atoms with E-state index >= 15 is 0 Å². The SMILES string of the molecule is COC(=O)C[C@@H]1C[C@@H](CN(C)C2CCN(c3ccc(C(=N)N)cc3)CC2)NC1=O. The van der Waals surface area contributed by atoms with Crippen LogP contribution in [0.3, 0.4) is 0 Å². The van der Waals surface area contributed by atoms with Gasteiger partial charge in [-0.3, -0.25) is 15.0 Å². The fourth-order valence-electron chi connectivity index (χ4n) is 4.32. The number of nitrogens with one attached hydrogen (secondary N) is 2. The first kappa shape index (κ1) is 21.1. The molecule has 3 rings (SSSR count). The van der Waals surface area contributed by atoms with Crippen LogP contribution in [0.5, 0.6) is 0 Å². The normalized spacial score (nSPS) is 22.6. The highest BCUT2D eigenvalue weighted by atomic mass is 16.5. The number of methoxy groups -OCH3 is 1. The van der Waals surface area contributed by atoms with Crippen LogP contribution in [0, 0.1) is 11.3 Å². The summed E-state index contributed by atoms with van der Waals surface area (Å²) < 4.78 is 4.69. The summed E-state index contributed by atoms with van der Waals surface area (Å²) in [5.74, 6) is -0.564. The third-order valence-corrected chi connectivity index (χ3v) is 6.07. The number of amidine groups is 1. The maximum Gasteiger partial charge on any atom is 0.306 e. The molecular formula is C21H31N5O3. The van der Waals surface area contributed by atoms with E-state index in [1.165, 1.54) is 7.11 Å². The number of nitrogens with two attached hydrogens (primary N) is 1. The van der Waals surface area contributed by atoms with E-state index in [4.69, 9.17) is 11.1 Å². The highest BCUT2D eigenvalue weighted by Crippen LogP contribution is 2.25. The van der Waals surface area contributed by atoms with Crippen molar-refractivity contribution in [1.82, 2.24) is 10.2 Å². The monoisotopic (exact) mass is 401 g/mol. The second kappa shape index (κ2) is 9.26. The lowest BCUT2D eigenvalue weighted by molar-refractivity contribution is -0.143. The van der Waals surface area contributed by atoms with Gasteiger partial charge >= 0.3 is 5.97 Å². The Morgan fingerprint density at radius 1 is 1.31 bits per heavy atom. The fraction of sp³-hybridized carbons (Fsp3) is 0.571. The molecule has 0 unspecified atom stereocenters. The summed E-state index contributed by atoms with van der Waals surface area (Å²) >= 11 is 0. The zero-order chi connectivity index (χ0) is 21.0. The van der Waals surface area contributed by atoms with E-state index in [1.54, 1.807) is 0 Å². The minimum absolute atomic E-state index is 0.0439. The Kier molecular flexibility index (Phi) is 6.74. The molecule has 2 aliphatic heterocycles. The van der Waals surface area contributed by atoms with Crippen LogP contribution in [0.1, 0.15) is 31.2 Å². The van der Waals surface area contributed by atoms with Crippen molar-refractivity contribution in [2.75, 3.05) is 38.7 Å². The van der Waals surface area contributed by atoms with Gasteiger partial charge in [-0.05, 0) is 50.6 Å². The highest BCUT2D eigenvalue weighted by Gasteiger charge is 2.35. The van der Waals surface area contributed by atoms with Crippen LogP contribution < -0.4 is 16.0 Å². The zero-order valence-electron chi connectivity index (χ0n) is 17.2. The molecule has 8 nitrogen and oxygen atoms in total. The Morgan fingerprint density at radius 3 is 2.55 bits per heavy atom. The number of benzene rings is 1. The number of nitrogen functional groups attached to an aromatic ring is 1. The summed E-state index contributed by atoms with van der Waals surface area (Å²) in [6, 6.07) is 8.39. The third kappa shape index (κ3) is 5.26. The predicted octanol–water partition coefficient (Wildman–Crippen LogP) is 0.939. The van der Waals surface area contributed by atoms with Gasteiger partial charge in [0.15, 0.2) is 0 Å². The van der Waals surface area contributed by atoms with Crippen LogP contribution in [-0.4, -0.2) is 68.5 Å². The fourth-order valence-corrected chi connectivity index (χ4v) is 4.32. The van der Waals surface area contributed by atoms with Gasteiger partial charge in [-0.2, -0.15) is 0 Å². The Balaban J connectivity index is 1.46. The molecule has 0 radical (unpaired) electrons. The van der Waals surface area contributed by atoms with Crippen LogP contribution in [0.25, 0.3) is 0 Å². The van der Waals surface area contributed by atoms with Gasteiger partial charge in [0, 0.05) is 43.0 Å². The summed E-state index contributed by atoms with van der Waals surface area (Å²) in [6.07, 6.45) is 2.94. The lowest BCUT2D eigenvalue weighted by Crippen LogP contribution is -2.47. The Hall–Kier alpha value is -2.61. The van der Waals surface area contributed by atoms with Crippen molar-refractivity contribution in [3.63, 3.8) is 0 Å². The van der Waals surface area contributed by atoms with Crippen LogP contribution >= 0.6 is 0 Å². The number of carbonyl (C=O) groups is 2. The van der Waals surface area contributed by atoms with Gasteiger partial charge in [-0.25, -0.2) is 0 Å². The molecule has 29 heavy (non-hydrogen) atoms. The van der Waals surface area contributed by atoms with Crippen LogP contribution in [0.2, 0.25) is 0 Å². The van der Waals surface area contributed by atoms with E-state index in [9.17, 15) is 9.59 Å². The van der Waals surface area contributed by atoms with Crippen molar-refractivity contribution < 1.29 is 14.3 Å². The maximum absolute atomic E-state index is 12.1. The quantitative estimate of drug-likeness (QED) is 0.356. The van der Waals surface area contributed by atoms with E-state index in [1.807, 2.05) is 24.3 Å². The lowest BCUT2D eigenvalue weighted by atomic mass is 9.99. The number of carbonyl (C=O) groups excluding carboxylic acids is 2. The third-order valence-electron chi connectivity index (χ3n) is 6.07. The lowest BCUT2D eigenvalue weighted by Gasteiger charge is -2.38. The minimum Gasteiger partial charge on any atom is -0.469 e. The molecule has 1 amide bonds. The largest absolute Gasteiger partial charge is 0.469 e. The number of ether oxygens (including phenoxy) is 1. The Bertz CT molecular complexity index is 743. The topological polar surface area (TPSA) is 112 Å². The molecule has 1 aromatic carbocycles. The highest BCUT2D eigenvalue weighted by molar-refractivity contribution is 5.95. The molecule has 2 heterocycles. The first-order valence-electron chi connectivity index (χ1n) is 10.1. The summed E-state index contributed by atoms with van der Waals surface area (Å²) in [5.41, 5.74) is 7.42. The number of piperidine rings is 1. The van der Waals surface area contributed by atoms with E-state index in [-0.39, 0.29) is 36.1 Å². The molecular weight excluding hydrogens is 370 g/mol. The van der Waals surface area contributed by atoms with Crippen LogP contribution in [-0.2, 0) is 14.3 Å². The number of rotatable bonds is 7. The zero-order valence-corrected chi connectivity index (χ0v) is 17.2. The van der Waals surface area contributed by atoms with Crippen molar-refractivity contribution >= 4 is 23.4 Å². The van der Waals surface area contributed by atoms with Gasteiger partial charge in [0.2, 0.25) is 5.91 Å². The number of likely N-dealkylation sites (N-methyl/N-ethyl adjacent to an activating group) is 1. The second-order valence-corrected chi connectivity index (χ2v) is 8.04. The predicted molar refractivity (Wildman–Crippen MR) is 112 cm³/mol. The summed E-state index contributed by atoms with van der Waals surface area (Å²) in [7, 11) is 3.46. The molecule has 1 aromatic rings. The second-order valence-electron chi connectivity index (χ2n) is 8.04. The number of nitrogens with zero attached hydrogens (tertiary/aromatic N) is 2. The molecule has 0 spiro atoms. The number of hydrogen-bond donors (Lipinski definition) is 3. The molecule has 8 heteroatoms. The van der Waals surface area contributed by atoms with Crippen molar-refractivity contribution in [3.8, 4) is 0 Å². The van der Waals surface area contributed by atoms with E-state index in [0.29, 0.717) is 12.5 Å². The number of hydrogen-bond acceptors (Lipinski definition) is 6. The molecule has 158 valence electrons. The van der Waals surface area contributed by atoms with Crippen LogP contribution in [0.4, 0.5) is 5.69 Å². The standard InChI is InChI=1S/C21H31N5O3/c1-25(13-16-11-15(21(28)24-16)12-19(27)29-2)17-7-9-26(10-8-17)18-5-3-14(4-6-18)20(22)23/h3-6,15-17H,7-13H2,1-2H3,(H3,22,23)(H,24,28)/t15-,16-/m0/s1. The molecule has 2 fully saturated rings. The number of esters is 1. The van der Waals surface area contributed by atoms with Crippen molar-refractivity contribution in [2.24, 2.45) is 11.7 Å². The Morgan fingerprint density at radius 2 is 1.97 bits per heavy atom. The smallest absolute Gasteiger partial charge is 0.306 e. The minimum atomic E-state index is -0.331. The Labute approximate surface area is 171 Å². The molecule has 0 aliphatic carbocycles. The van der Waals surface area contributed by atoms with Gasteiger partial charge in [0.05, 0.1) is 19.4 Å². The van der Waals surface area contributed by atoms with E-state index in [0.717, 1.165) is 43.7 Å². The average molecular weight is 402 g/mol. The first-order valence-corrected chi connectivity index (χ1v) is 10.1. The van der Waals surface area contributed by atoms with Gasteiger partial charge in [-0.15, -0.1) is 0 Å². The van der Waals surface area contributed by atoms with Gasteiger partial charge in [0.25, 0.3) is 0 Å². The summed E-state index contributed by atoms with van der Waals surface area (Å²) in [4.78, 5) is 28.2. The number of anilines is 1. The molecule has 0 aromatic heterocycles. The molecule has 0 saturated carbocycles. The van der Waals surface area contributed by atoms with Crippen LogP contribution in [0.15, 0.2) is 24.3 Å². The maximum atomic E-state index is 12.1. The molecule has 2 atom stereocenters. The van der Waals surface area contributed by atoms with E-state index in [2.05, 4.69) is 26.9 Å². The van der Waals surface area contributed by atoms with Crippen molar-refractivity contribution in [1.29, 1.82) is 5.41 Å². The van der Waals surface area contributed by atoms with Crippen molar-refractivity contribution in [3.05, 3.63) is 29.8 Å². The van der Waals surface area contributed by atoms with Gasteiger partial charge in [-0.1, -0.05) is 0 Å². The molecule has 2 saturated heterocycles. The van der Waals surface area contributed by atoms with Crippen molar-refractivity contribution in [2.45, 2.75) is 37.8 Å². The molecule has 0 bridgehead atoms. The van der Waals surface area contributed by atoms with Gasteiger partial charge < -0.3 is 25.6 Å². The average Bonchev–Trinajstić information content (AvgIpc) is 3.06. The summed E-state index contributed by atoms with van der Waals surface area (Å²) in [6.45, 7) is 2.73. The van der Waals surface area contributed by atoms with E-state index < -0.39 is 0 Å².